The van der Waals surface area contributed by atoms with Crippen LogP contribution in [0.25, 0.3) is 0 Å². The molecule has 0 radical (unpaired) electrons. The molecule has 0 unspecified atom stereocenters. The first-order valence-electron chi connectivity index (χ1n) is 5.38. The lowest BCUT2D eigenvalue weighted by molar-refractivity contribution is 0.202. The van der Waals surface area contributed by atoms with Crippen LogP contribution >= 0.6 is 0 Å². The summed E-state index contributed by atoms with van der Waals surface area (Å²) in [6.45, 7) is 1.71. The summed E-state index contributed by atoms with van der Waals surface area (Å²) in [6, 6.07) is 1.78. The number of anilines is 3. The molecule has 0 atom stereocenters. The fourth-order valence-electron chi connectivity index (χ4n) is 1.41. The number of nitrogens with one attached hydrogen (secondary N) is 1. The Bertz CT molecular complexity index is 347. The normalized spacial score (nSPS) is 10.3. The van der Waals surface area contributed by atoms with Gasteiger partial charge in [-0.15, -0.1) is 0 Å². The molecule has 0 aliphatic carbocycles. The van der Waals surface area contributed by atoms with Crippen molar-refractivity contribution in [2.75, 3.05) is 56.4 Å². The Kier molecular flexibility index (Phi) is 5.44. The minimum atomic E-state index is 0.0442. The lowest BCUT2D eigenvalue weighted by atomic mass is 10.4. The predicted octanol–water partition coefficient (Wildman–Crippen LogP) is -0.454. The van der Waals surface area contributed by atoms with Crippen molar-refractivity contribution in [2.45, 2.75) is 0 Å². The predicted molar refractivity (Wildman–Crippen MR) is 67.2 cm³/mol. The van der Waals surface area contributed by atoms with Crippen LogP contribution in [0.4, 0.5) is 17.6 Å². The zero-order valence-electron chi connectivity index (χ0n) is 10.2. The maximum absolute atomic E-state index is 9.02. The summed E-state index contributed by atoms with van der Waals surface area (Å²) in [4.78, 5) is 10.0. The van der Waals surface area contributed by atoms with Gasteiger partial charge in [-0.25, -0.2) is 0 Å². The number of aromatic nitrogens is 2. The van der Waals surface area contributed by atoms with Gasteiger partial charge in [0.05, 0.1) is 13.2 Å². The lowest BCUT2D eigenvalue weighted by Crippen LogP contribution is -2.31. The zero-order valence-corrected chi connectivity index (χ0v) is 10.2. The van der Waals surface area contributed by atoms with Crippen LogP contribution in [0.3, 0.4) is 0 Å². The molecule has 1 aromatic heterocycles. The Morgan fingerprint density at radius 2 is 2.24 bits per heavy atom. The van der Waals surface area contributed by atoms with Crippen molar-refractivity contribution in [2.24, 2.45) is 0 Å². The summed E-state index contributed by atoms with van der Waals surface area (Å²) in [6.07, 6.45) is 0. The minimum Gasteiger partial charge on any atom is -0.395 e. The molecule has 1 aromatic rings. The number of nitrogen functional groups attached to an aromatic ring is 1. The second-order valence-corrected chi connectivity index (χ2v) is 3.42. The van der Waals surface area contributed by atoms with Crippen LogP contribution < -0.4 is 16.0 Å². The summed E-state index contributed by atoms with van der Waals surface area (Å²) in [5.74, 6) is 1.52. The number of aliphatic hydroxyl groups is 1. The van der Waals surface area contributed by atoms with Crippen LogP contribution in [0.1, 0.15) is 0 Å². The Labute approximate surface area is 101 Å². The number of ether oxygens (including phenoxy) is 1. The molecule has 0 amide bonds. The van der Waals surface area contributed by atoms with Crippen LogP contribution in [-0.2, 0) is 4.74 Å². The third-order valence-electron chi connectivity index (χ3n) is 2.25. The van der Waals surface area contributed by atoms with E-state index < -0.39 is 0 Å². The first kappa shape index (κ1) is 13.5. The molecule has 1 rings (SSSR count). The van der Waals surface area contributed by atoms with E-state index in [-0.39, 0.29) is 12.6 Å². The van der Waals surface area contributed by atoms with E-state index in [1.165, 1.54) is 0 Å². The smallest absolute Gasteiger partial charge is 0.223 e. The number of aliphatic hydroxyl groups excluding tert-OH is 1. The van der Waals surface area contributed by atoms with Crippen molar-refractivity contribution in [1.29, 1.82) is 0 Å². The summed E-state index contributed by atoms with van der Waals surface area (Å²) in [7, 11) is 3.39. The molecule has 0 spiro atoms. The first-order valence-corrected chi connectivity index (χ1v) is 5.38. The van der Waals surface area contributed by atoms with E-state index in [2.05, 4.69) is 15.3 Å². The van der Waals surface area contributed by atoms with Gasteiger partial charge in [-0.1, -0.05) is 0 Å². The summed E-state index contributed by atoms with van der Waals surface area (Å²) in [5.41, 5.74) is 5.61. The SMILES string of the molecule is CNc1cc(N(CCO)CCOC)nc(N)n1. The van der Waals surface area contributed by atoms with Gasteiger partial charge in [-0.3, -0.25) is 0 Å². The topological polar surface area (TPSA) is 96.5 Å². The molecule has 96 valence electrons. The maximum Gasteiger partial charge on any atom is 0.223 e. The monoisotopic (exact) mass is 241 g/mol. The van der Waals surface area contributed by atoms with Crippen molar-refractivity contribution < 1.29 is 9.84 Å². The molecule has 17 heavy (non-hydrogen) atoms. The molecule has 7 heteroatoms. The maximum atomic E-state index is 9.02. The highest BCUT2D eigenvalue weighted by Gasteiger charge is 2.09. The van der Waals surface area contributed by atoms with Gasteiger partial charge < -0.3 is 25.8 Å². The molecule has 1 heterocycles. The van der Waals surface area contributed by atoms with E-state index in [9.17, 15) is 0 Å². The van der Waals surface area contributed by atoms with Crippen molar-refractivity contribution >= 4 is 17.6 Å². The number of nitrogens with two attached hydrogens (primary N) is 1. The second-order valence-electron chi connectivity index (χ2n) is 3.42. The molecular formula is C10H19N5O2. The molecular weight excluding hydrogens is 222 g/mol. The summed E-state index contributed by atoms with van der Waals surface area (Å²) >= 11 is 0. The van der Waals surface area contributed by atoms with Crippen molar-refractivity contribution in [1.82, 2.24) is 9.97 Å². The molecule has 0 saturated carbocycles. The molecule has 0 aliphatic heterocycles. The van der Waals surface area contributed by atoms with E-state index in [0.717, 1.165) is 0 Å². The number of rotatable bonds is 7. The molecule has 0 aliphatic rings. The average molecular weight is 241 g/mol. The third-order valence-corrected chi connectivity index (χ3v) is 2.25. The minimum absolute atomic E-state index is 0.0442. The van der Waals surface area contributed by atoms with Crippen molar-refractivity contribution in [3.63, 3.8) is 0 Å². The number of hydrogen-bond acceptors (Lipinski definition) is 7. The number of methoxy groups -OCH3 is 1. The first-order chi connectivity index (χ1) is 8.21. The van der Waals surface area contributed by atoms with Gasteiger partial charge in [0.25, 0.3) is 0 Å². The van der Waals surface area contributed by atoms with Crippen LogP contribution in [0, 0.1) is 0 Å². The molecule has 4 N–H and O–H groups in total. The second kappa shape index (κ2) is 6.87. The highest BCUT2D eigenvalue weighted by molar-refractivity contribution is 5.52. The molecule has 0 bridgehead atoms. The molecule has 0 saturated heterocycles. The fraction of sp³-hybridized carbons (Fsp3) is 0.600. The molecule has 0 aromatic carbocycles. The van der Waals surface area contributed by atoms with Crippen LogP contribution in [0.15, 0.2) is 6.07 Å². The molecule has 0 fully saturated rings. The van der Waals surface area contributed by atoms with Crippen molar-refractivity contribution in [3.05, 3.63) is 6.07 Å². The van der Waals surface area contributed by atoms with E-state index in [1.807, 2.05) is 4.90 Å². The highest BCUT2D eigenvalue weighted by Crippen LogP contribution is 2.16. The van der Waals surface area contributed by atoms with Crippen molar-refractivity contribution in [3.8, 4) is 0 Å². The van der Waals surface area contributed by atoms with E-state index >= 15 is 0 Å². The van der Waals surface area contributed by atoms with E-state index in [4.69, 9.17) is 15.6 Å². The zero-order chi connectivity index (χ0) is 12.7. The lowest BCUT2D eigenvalue weighted by Gasteiger charge is -2.22. The van der Waals surface area contributed by atoms with Gasteiger partial charge in [0, 0.05) is 33.3 Å². The Hall–Kier alpha value is -1.60. The number of hydrogen-bond donors (Lipinski definition) is 3. The Morgan fingerprint density at radius 1 is 1.47 bits per heavy atom. The van der Waals surface area contributed by atoms with Gasteiger partial charge in [-0.2, -0.15) is 9.97 Å². The Balaban J connectivity index is 2.87. The van der Waals surface area contributed by atoms with Gasteiger partial charge in [0.1, 0.15) is 11.6 Å². The largest absolute Gasteiger partial charge is 0.395 e. The van der Waals surface area contributed by atoms with E-state index in [0.29, 0.717) is 31.3 Å². The standard InChI is InChI=1S/C10H19N5O2/c1-12-8-7-9(14-10(11)13-8)15(3-5-16)4-6-17-2/h7,16H,3-6H2,1-2H3,(H3,11,12,13,14). The average Bonchev–Trinajstić information content (AvgIpc) is 2.33. The fourth-order valence-corrected chi connectivity index (χ4v) is 1.41. The summed E-state index contributed by atoms with van der Waals surface area (Å²) < 4.78 is 5.01. The van der Waals surface area contributed by atoms with Crippen LogP contribution in [0.5, 0.6) is 0 Å². The third kappa shape index (κ3) is 4.04. The summed E-state index contributed by atoms with van der Waals surface area (Å²) in [5, 5.41) is 11.9. The van der Waals surface area contributed by atoms with Gasteiger partial charge >= 0.3 is 0 Å². The van der Waals surface area contributed by atoms with E-state index in [1.54, 1.807) is 20.2 Å². The van der Waals surface area contributed by atoms with Gasteiger partial charge in [0.2, 0.25) is 5.95 Å². The number of nitrogens with zero attached hydrogens (tertiary/aromatic N) is 3. The van der Waals surface area contributed by atoms with Crippen LogP contribution in [0.2, 0.25) is 0 Å². The highest BCUT2D eigenvalue weighted by atomic mass is 16.5. The van der Waals surface area contributed by atoms with Crippen LogP contribution in [-0.4, -0.2) is 55.5 Å². The molecule has 7 nitrogen and oxygen atoms in total. The van der Waals surface area contributed by atoms with Gasteiger partial charge in [0.15, 0.2) is 0 Å². The Morgan fingerprint density at radius 3 is 2.82 bits per heavy atom. The van der Waals surface area contributed by atoms with Gasteiger partial charge in [-0.05, 0) is 0 Å². The quantitative estimate of drug-likeness (QED) is 0.594.